The van der Waals surface area contributed by atoms with Crippen molar-refractivity contribution in [2.75, 3.05) is 5.32 Å². The van der Waals surface area contributed by atoms with Crippen LogP contribution in [0.5, 0.6) is 0 Å². The summed E-state index contributed by atoms with van der Waals surface area (Å²) in [6, 6.07) is 15.8. The fourth-order valence-corrected chi connectivity index (χ4v) is 3.12. The molecule has 0 fully saturated rings. The van der Waals surface area contributed by atoms with E-state index in [1.54, 1.807) is 11.8 Å². The number of amides is 1. The highest BCUT2D eigenvalue weighted by atomic mass is 79.9. The average Bonchev–Trinajstić information content (AvgIpc) is 2.43. The van der Waals surface area contributed by atoms with Gasteiger partial charge in [0.15, 0.2) is 0 Å². The number of rotatable bonds is 4. The van der Waals surface area contributed by atoms with Gasteiger partial charge < -0.3 is 5.32 Å². The summed E-state index contributed by atoms with van der Waals surface area (Å²) in [5.41, 5.74) is 1.91. The Morgan fingerprint density at radius 1 is 1.20 bits per heavy atom. The second-order valence-electron chi connectivity index (χ2n) is 4.52. The molecule has 4 heteroatoms. The van der Waals surface area contributed by atoms with Crippen molar-refractivity contribution in [2.45, 2.75) is 24.0 Å². The van der Waals surface area contributed by atoms with E-state index in [4.69, 9.17) is 0 Å². The van der Waals surface area contributed by atoms with E-state index < -0.39 is 0 Å². The molecule has 0 saturated carbocycles. The SMILES string of the molecule is Cc1cc(Br)ccc1NC(=O)C(C)Sc1ccccc1. The smallest absolute Gasteiger partial charge is 0.237 e. The molecular weight excluding hydrogens is 334 g/mol. The number of hydrogen-bond donors (Lipinski definition) is 1. The van der Waals surface area contributed by atoms with Crippen LogP contribution in [0.15, 0.2) is 57.9 Å². The molecule has 0 aliphatic carbocycles. The number of carbonyl (C=O) groups excluding carboxylic acids is 1. The standard InChI is InChI=1S/C16H16BrNOS/c1-11-10-13(17)8-9-15(11)18-16(19)12(2)20-14-6-4-3-5-7-14/h3-10,12H,1-2H3,(H,18,19). The van der Waals surface area contributed by atoms with Gasteiger partial charge in [0, 0.05) is 15.1 Å². The maximum absolute atomic E-state index is 12.2. The molecule has 1 unspecified atom stereocenters. The summed E-state index contributed by atoms with van der Waals surface area (Å²) in [7, 11) is 0. The lowest BCUT2D eigenvalue weighted by molar-refractivity contribution is -0.115. The van der Waals surface area contributed by atoms with E-state index in [9.17, 15) is 4.79 Å². The van der Waals surface area contributed by atoms with E-state index in [0.717, 1.165) is 20.6 Å². The van der Waals surface area contributed by atoms with E-state index in [2.05, 4.69) is 21.2 Å². The van der Waals surface area contributed by atoms with Crippen LogP contribution in [0, 0.1) is 6.92 Å². The highest BCUT2D eigenvalue weighted by Crippen LogP contribution is 2.25. The Bertz CT molecular complexity index is 601. The second-order valence-corrected chi connectivity index (χ2v) is 6.85. The van der Waals surface area contributed by atoms with Crippen molar-refractivity contribution in [3.8, 4) is 0 Å². The van der Waals surface area contributed by atoms with Crippen LogP contribution in [0.25, 0.3) is 0 Å². The van der Waals surface area contributed by atoms with Gasteiger partial charge in [-0.15, -0.1) is 11.8 Å². The van der Waals surface area contributed by atoms with Crippen molar-refractivity contribution in [1.82, 2.24) is 0 Å². The molecule has 1 N–H and O–H groups in total. The summed E-state index contributed by atoms with van der Waals surface area (Å²) in [5.74, 6) is 0.0178. The maximum atomic E-state index is 12.2. The van der Waals surface area contributed by atoms with Gasteiger partial charge in [-0.3, -0.25) is 4.79 Å². The molecule has 0 aliphatic rings. The molecular formula is C16H16BrNOS. The molecule has 0 heterocycles. The molecule has 2 aromatic rings. The molecule has 1 amide bonds. The molecule has 2 nitrogen and oxygen atoms in total. The number of aryl methyl sites for hydroxylation is 1. The first-order valence-electron chi connectivity index (χ1n) is 6.35. The lowest BCUT2D eigenvalue weighted by Gasteiger charge is -2.13. The van der Waals surface area contributed by atoms with Crippen LogP contribution in [0.3, 0.4) is 0 Å². The molecule has 2 aromatic carbocycles. The molecule has 0 aliphatic heterocycles. The summed E-state index contributed by atoms with van der Waals surface area (Å²) >= 11 is 4.98. The number of hydrogen-bond acceptors (Lipinski definition) is 2. The van der Waals surface area contributed by atoms with Crippen molar-refractivity contribution < 1.29 is 4.79 Å². The van der Waals surface area contributed by atoms with Gasteiger partial charge in [-0.2, -0.15) is 0 Å². The van der Waals surface area contributed by atoms with Crippen molar-refractivity contribution >= 4 is 39.3 Å². The van der Waals surface area contributed by atoms with Gasteiger partial charge in [-0.05, 0) is 49.7 Å². The number of benzene rings is 2. The van der Waals surface area contributed by atoms with Crippen LogP contribution in [-0.4, -0.2) is 11.2 Å². The number of carbonyl (C=O) groups is 1. The number of halogens is 1. The number of anilines is 1. The van der Waals surface area contributed by atoms with E-state index in [1.165, 1.54) is 0 Å². The zero-order chi connectivity index (χ0) is 14.5. The molecule has 2 rings (SSSR count). The van der Waals surface area contributed by atoms with Gasteiger partial charge >= 0.3 is 0 Å². The predicted octanol–water partition coefficient (Wildman–Crippen LogP) is 4.88. The van der Waals surface area contributed by atoms with Gasteiger partial charge in [-0.1, -0.05) is 34.1 Å². The lowest BCUT2D eigenvalue weighted by Crippen LogP contribution is -2.22. The Morgan fingerprint density at radius 3 is 2.55 bits per heavy atom. The molecule has 0 spiro atoms. The average molecular weight is 350 g/mol. The van der Waals surface area contributed by atoms with Crippen molar-refractivity contribution in [1.29, 1.82) is 0 Å². The number of thioether (sulfide) groups is 1. The second kappa shape index (κ2) is 6.95. The fourth-order valence-electron chi connectivity index (χ4n) is 1.76. The Hall–Kier alpha value is -1.26. The Morgan fingerprint density at radius 2 is 1.90 bits per heavy atom. The van der Waals surface area contributed by atoms with E-state index in [-0.39, 0.29) is 11.2 Å². The first kappa shape index (κ1) is 15.1. The van der Waals surface area contributed by atoms with Crippen molar-refractivity contribution in [3.63, 3.8) is 0 Å². The largest absolute Gasteiger partial charge is 0.325 e. The third-order valence-corrected chi connectivity index (χ3v) is 4.48. The highest BCUT2D eigenvalue weighted by Gasteiger charge is 2.15. The minimum Gasteiger partial charge on any atom is -0.325 e. The fraction of sp³-hybridized carbons (Fsp3) is 0.188. The topological polar surface area (TPSA) is 29.1 Å². The maximum Gasteiger partial charge on any atom is 0.237 e. The van der Waals surface area contributed by atoms with Gasteiger partial charge in [0.2, 0.25) is 5.91 Å². The Labute approximate surface area is 132 Å². The molecule has 1 atom stereocenters. The van der Waals surface area contributed by atoms with Crippen LogP contribution in [-0.2, 0) is 4.79 Å². The first-order chi connectivity index (χ1) is 9.56. The summed E-state index contributed by atoms with van der Waals surface area (Å²) in [6.45, 7) is 3.90. The van der Waals surface area contributed by atoms with Crippen LogP contribution >= 0.6 is 27.7 Å². The normalized spacial score (nSPS) is 11.9. The number of nitrogens with one attached hydrogen (secondary N) is 1. The minimum atomic E-state index is -0.138. The van der Waals surface area contributed by atoms with Crippen LogP contribution in [0.1, 0.15) is 12.5 Å². The van der Waals surface area contributed by atoms with Crippen molar-refractivity contribution in [2.24, 2.45) is 0 Å². The lowest BCUT2D eigenvalue weighted by atomic mass is 10.2. The first-order valence-corrected chi connectivity index (χ1v) is 8.02. The predicted molar refractivity (Wildman–Crippen MR) is 89.3 cm³/mol. The van der Waals surface area contributed by atoms with Gasteiger partial charge in [0.05, 0.1) is 5.25 Å². The van der Waals surface area contributed by atoms with Gasteiger partial charge in [0.25, 0.3) is 0 Å². The zero-order valence-corrected chi connectivity index (χ0v) is 13.8. The summed E-state index contributed by atoms with van der Waals surface area (Å²) in [4.78, 5) is 13.3. The van der Waals surface area contributed by atoms with Crippen LogP contribution in [0.4, 0.5) is 5.69 Å². The molecule has 20 heavy (non-hydrogen) atoms. The summed E-state index contributed by atoms with van der Waals surface area (Å²) < 4.78 is 1.01. The molecule has 104 valence electrons. The summed E-state index contributed by atoms with van der Waals surface area (Å²) in [5, 5.41) is 2.84. The Kier molecular flexibility index (Phi) is 5.26. The monoisotopic (exact) mass is 349 g/mol. The van der Waals surface area contributed by atoms with Crippen LogP contribution in [0.2, 0.25) is 0 Å². The molecule has 0 radical (unpaired) electrons. The third-order valence-electron chi connectivity index (χ3n) is 2.87. The van der Waals surface area contributed by atoms with Gasteiger partial charge in [0.1, 0.15) is 0 Å². The molecule has 0 bridgehead atoms. The van der Waals surface area contributed by atoms with E-state index >= 15 is 0 Å². The molecule has 0 saturated heterocycles. The summed E-state index contributed by atoms with van der Waals surface area (Å²) in [6.07, 6.45) is 0. The highest BCUT2D eigenvalue weighted by molar-refractivity contribution is 9.10. The zero-order valence-electron chi connectivity index (χ0n) is 11.4. The van der Waals surface area contributed by atoms with E-state index in [0.29, 0.717) is 0 Å². The van der Waals surface area contributed by atoms with Crippen LogP contribution < -0.4 is 5.32 Å². The van der Waals surface area contributed by atoms with Gasteiger partial charge in [-0.25, -0.2) is 0 Å². The quantitative estimate of drug-likeness (QED) is 0.797. The Balaban J connectivity index is 2.01. The van der Waals surface area contributed by atoms with Crippen molar-refractivity contribution in [3.05, 3.63) is 58.6 Å². The minimum absolute atomic E-state index is 0.0178. The third kappa shape index (κ3) is 4.12. The van der Waals surface area contributed by atoms with E-state index in [1.807, 2.05) is 62.4 Å². The molecule has 0 aromatic heterocycles.